The minimum Gasteiger partial charge on any atom is -0.464 e. The van der Waals surface area contributed by atoms with Crippen LogP contribution in [-0.2, 0) is 28.7 Å². The predicted molar refractivity (Wildman–Crippen MR) is 89.6 cm³/mol. The molecule has 7 nitrogen and oxygen atoms in total. The molecule has 0 aliphatic carbocycles. The molecule has 0 aromatic heterocycles. The number of ether oxygens (including phenoxy) is 1. The molecule has 0 saturated carbocycles. The van der Waals surface area contributed by atoms with E-state index in [1.165, 1.54) is 0 Å². The minimum atomic E-state index is -2.03. The van der Waals surface area contributed by atoms with Crippen LogP contribution in [0.15, 0.2) is 0 Å². The fourth-order valence-electron chi connectivity index (χ4n) is 2.89. The largest absolute Gasteiger partial charge is 0.464 e. The van der Waals surface area contributed by atoms with Crippen molar-refractivity contribution in [3.05, 3.63) is 0 Å². The SMILES string of the molecule is CCOC(=O)C1(C(=O)C(=O)C(C)C)CCCCN1C(=O)C(=O)C(C)C. The lowest BCUT2D eigenvalue weighted by atomic mass is 9.78. The van der Waals surface area contributed by atoms with E-state index in [-0.39, 0.29) is 19.6 Å². The lowest BCUT2D eigenvalue weighted by Gasteiger charge is -2.43. The molecule has 0 bridgehead atoms. The van der Waals surface area contributed by atoms with Crippen molar-refractivity contribution in [2.45, 2.75) is 59.4 Å². The number of rotatable bonds is 7. The second-order valence-electron chi connectivity index (χ2n) is 6.86. The standard InChI is InChI=1S/C18H27NO6/c1-6-25-17(24)18(15(22)13(20)11(2)3)9-7-8-10-19(18)16(23)14(21)12(4)5/h11-12H,6-10H2,1-5H3. The number of hydrogen-bond acceptors (Lipinski definition) is 6. The fourth-order valence-corrected chi connectivity index (χ4v) is 2.89. The summed E-state index contributed by atoms with van der Waals surface area (Å²) in [5.74, 6) is -5.45. The van der Waals surface area contributed by atoms with Gasteiger partial charge >= 0.3 is 5.97 Å². The highest BCUT2D eigenvalue weighted by Crippen LogP contribution is 2.32. The van der Waals surface area contributed by atoms with Crippen molar-refractivity contribution in [2.24, 2.45) is 11.8 Å². The Morgan fingerprint density at radius 2 is 1.52 bits per heavy atom. The summed E-state index contributed by atoms with van der Waals surface area (Å²) < 4.78 is 5.04. The molecule has 1 rings (SSSR count). The van der Waals surface area contributed by atoms with Gasteiger partial charge < -0.3 is 9.64 Å². The van der Waals surface area contributed by atoms with Gasteiger partial charge in [-0.05, 0) is 26.2 Å². The number of carbonyl (C=O) groups is 5. The molecule has 140 valence electrons. The van der Waals surface area contributed by atoms with Crippen LogP contribution in [0, 0.1) is 11.8 Å². The molecule has 1 aliphatic heterocycles. The Labute approximate surface area is 148 Å². The maximum absolute atomic E-state index is 12.9. The number of esters is 1. The quantitative estimate of drug-likeness (QED) is 0.389. The molecule has 25 heavy (non-hydrogen) atoms. The van der Waals surface area contributed by atoms with Gasteiger partial charge in [-0.25, -0.2) is 4.79 Å². The molecule has 0 radical (unpaired) electrons. The lowest BCUT2D eigenvalue weighted by molar-refractivity contribution is -0.174. The average Bonchev–Trinajstić information content (AvgIpc) is 2.58. The van der Waals surface area contributed by atoms with Gasteiger partial charge in [0.05, 0.1) is 6.61 Å². The molecule has 1 amide bonds. The molecular weight excluding hydrogens is 326 g/mol. The number of carbonyl (C=O) groups excluding carboxylic acids is 5. The van der Waals surface area contributed by atoms with Crippen LogP contribution in [0.4, 0.5) is 0 Å². The fraction of sp³-hybridized carbons (Fsp3) is 0.722. The number of nitrogens with zero attached hydrogens (tertiary/aromatic N) is 1. The van der Waals surface area contributed by atoms with Gasteiger partial charge in [0.2, 0.25) is 22.9 Å². The third-order valence-corrected chi connectivity index (χ3v) is 4.35. The monoisotopic (exact) mass is 353 g/mol. The number of likely N-dealkylation sites (tertiary alicyclic amines) is 1. The highest BCUT2D eigenvalue weighted by atomic mass is 16.5. The van der Waals surface area contributed by atoms with Crippen molar-refractivity contribution in [2.75, 3.05) is 13.2 Å². The highest BCUT2D eigenvalue weighted by molar-refractivity contribution is 6.47. The molecule has 1 unspecified atom stereocenters. The van der Waals surface area contributed by atoms with Gasteiger partial charge in [0.15, 0.2) is 0 Å². The van der Waals surface area contributed by atoms with Gasteiger partial charge in [0.25, 0.3) is 5.91 Å². The zero-order chi connectivity index (χ0) is 19.4. The van der Waals surface area contributed by atoms with Crippen LogP contribution < -0.4 is 0 Å². The van der Waals surface area contributed by atoms with E-state index in [9.17, 15) is 24.0 Å². The second-order valence-corrected chi connectivity index (χ2v) is 6.86. The number of hydrogen-bond donors (Lipinski definition) is 0. The molecule has 1 aliphatic rings. The molecule has 0 aromatic carbocycles. The molecule has 7 heteroatoms. The second kappa shape index (κ2) is 8.36. The van der Waals surface area contributed by atoms with E-state index in [4.69, 9.17) is 4.74 Å². The summed E-state index contributed by atoms with van der Waals surface area (Å²) in [5.41, 5.74) is -2.03. The average molecular weight is 353 g/mol. The van der Waals surface area contributed by atoms with Gasteiger partial charge in [-0.2, -0.15) is 0 Å². The minimum absolute atomic E-state index is 0.00386. The first-order chi connectivity index (χ1) is 11.6. The van der Waals surface area contributed by atoms with Gasteiger partial charge in [-0.1, -0.05) is 27.7 Å². The van der Waals surface area contributed by atoms with Gasteiger partial charge in [-0.3, -0.25) is 19.2 Å². The summed E-state index contributed by atoms with van der Waals surface area (Å²) in [7, 11) is 0. The van der Waals surface area contributed by atoms with E-state index in [1.54, 1.807) is 34.6 Å². The number of piperidine rings is 1. The van der Waals surface area contributed by atoms with Gasteiger partial charge in [0.1, 0.15) is 0 Å². The van der Waals surface area contributed by atoms with Gasteiger partial charge in [-0.15, -0.1) is 0 Å². The predicted octanol–water partition coefficient (Wildman–Crippen LogP) is 1.32. The van der Waals surface area contributed by atoms with Crippen LogP contribution in [0.1, 0.15) is 53.9 Å². The Kier molecular flexibility index (Phi) is 7.02. The summed E-state index contributed by atoms with van der Waals surface area (Å²) in [6.45, 7) is 7.88. The molecule has 0 aromatic rings. The summed E-state index contributed by atoms with van der Waals surface area (Å²) in [4.78, 5) is 63.8. The van der Waals surface area contributed by atoms with Crippen LogP contribution in [0.3, 0.4) is 0 Å². The summed E-state index contributed by atoms with van der Waals surface area (Å²) >= 11 is 0. The van der Waals surface area contributed by atoms with Crippen molar-refractivity contribution in [1.29, 1.82) is 0 Å². The van der Waals surface area contributed by atoms with Crippen LogP contribution in [0.2, 0.25) is 0 Å². The zero-order valence-corrected chi connectivity index (χ0v) is 15.6. The lowest BCUT2D eigenvalue weighted by Crippen LogP contribution is -2.67. The summed E-state index contributed by atoms with van der Waals surface area (Å²) in [6.07, 6.45) is 1.01. The molecule has 1 atom stereocenters. The number of ketones is 3. The van der Waals surface area contributed by atoms with E-state index < -0.39 is 46.6 Å². The Balaban J connectivity index is 3.46. The molecular formula is C18H27NO6. The normalized spacial score (nSPS) is 20.5. The van der Waals surface area contributed by atoms with Crippen LogP contribution in [0.5, 0.6) is 0 Å². The van der Waals surface area contributed by atoms with E-state index in [0.29, 0.717) is 12.8 Å². The van der Waals surface area contributed by atoms with Crippen molar-refractivity contribution >= 4 is 29.2 Å². The summed E-state index contributed by atoms with van der Waals surface area (Å²) in [5, 5.41) is 0. The maximum Gasteiger partial charge on any atom is 0.340 e. The third kappa shape index (κ3) is 3.96. The molecule has 0 spiro atoms. The van der Waals surface area contributed by atoms with Gasteiger partial charge in [0, 0.05) is 18.4 Å². The van der Waals surface area contributed by atoms with Crippen molar-refractivity contribution < 1.29 is 28.7 Å². The Bertz CT molecular complexity index is 580. The highest BCUT2D eigenvalue weighted by Gasteiger charge is 2.58. The van der Waals surface area contributed by atoms with Crippen LogP contribution >= 0.6 is 0 Å². The molecule has 1 saturated heterocycles. The molecule has 1 fully saturated rings. The smallest absolute Gasteiger partial charge is 0.340 e. The summed E-state index contributed by atoms with van der Waals surface area (Å²) in [6, 6.07) is 0. The van der Waals surface area contributed by atoms with E-state index in [2.05, 4.69) is 0 Å². The number of Topliss-reactive ketones (excluding diaryl/α,β-unsaturated/α-hetero) is 3. The van der Waals surface area contributed by atoms with E-state index in [0.717, 1.165) is 4.90 Å². The van der Waals surface area contributed by atoms with Crippen LogP contribution in [-0.4, -0.2) is 52.8 Å². The molecule has 1 heterocycles. The Hall–Kier alpha value is -2.05. The van der Waals surface area contributed by atoms with Crippen LogP contribution in [0.25, 0.3) is 0 Å². The van der Waals surface area contributed by atoms with E-state index >= 15 is 0 Å². The van der Waals surface area contributed by atoms with Crippen molar-refractivity contribution in [3.8, 4) is 0 Å². The first-order valence-electron chi connectivity index (χ1n) is 8.72. The first-order valence-corrected chi connectivity index (χ1v) is 8.72. The van der Waals surface area contributed by atoms with E-state index in [1.807, 2.05) is 0 Å². The maximum atomic E-state index is 12.9. The Morgan fingerprint density at radius 3 is 2.00 bits per heavy atom. The molecule has 0 N–H and O–H groups in total. The van der Waals surface area contributed by atoms with Crippen molar-refractivity contribution in [3.63, 3.8) is 0 Å². The topological polar surface area (TPSA) is 97.8 Å². The van der Waals surface area contributed by atoms with Crippen molar-refractivity contribution in [1.82, 2.24) is 4.90 Å². The number of amides is 1. The Morgan fingerprint density at radius 1 is 0.960 bits per heavy atom. The third-order valence-electron chi connectivity index (χ3n) is 4.35. The zero-order valence-electron chi connectivity index (χ0n) is 15.6. The first kappa shape index (κ1) is 21.0.